The van der Waals surface area contributed by atoms with Gasteiger partial charge in [-0.1, -0.05) is 0 Å². The first-order chi connectivity index (χ1) is 8.72. The van der Waals surface area contributed by atoms with E-state index in [1.54, 1.807) is 12.4 Å². The van der Waals surface area contributed by atoms with Crippen LogP contribution in [0.4, 0.5) is 0 Å². The highest BCUT2D eigenvalue weighted by Gasteiger charge is 2.27. The van der Waals surface area contributed by atoms with Crippen molar-refractivity contribution >= 4 is 5.91 Å². The van der Waals surface area contributed by atoms with Crippen molar-refractivity contribution in [1.29, 1.82) is 0 Å². The minimum Gasteiger partial charge on any atom is -0.369 e. The van der Waals surface area contributed by atoms with Gasteiger partial charge in [-0.15, -0.1) is 0 Å². The lowest BCUT2D eigenvalue weighted by Gasteiger charge is -2.36. The number of nitrogens with two attached hydrogens (primary N) is 2. The molecule has 98 valence electrons. The minimum atomic E-state index is -0.178. The highest BCUT2D eigenvalue weighted by Crippen LogP contribution is 2.25. The van der Waals surface area contributed by atoms with E-state index in [0.717, 1.165) is 25.9 Å². The largest absolute Gasteiger partial charge is 0.369 e. The second-order valence-electron chi connectivity index (χ2n) is 4.74. The molecule has 5 heteroatoms. The van der Waals surface area contributed by atoms with E-state index in [9.17, 15) is 4.79 Å². The number of carbonyl (C=O) groups excluding carboxylic acids is 1. The highest BCUT2D eigenvalue weighted by atomic mass is 16.1. The molecule has 1 unspecified atom stereocenters. The number of amides is 1. The van der Waals surface area contributed by atoms with Gasteiger partial charge in [0.15, 0.2) is 0 Å². The average Bonchev–Trinajstić information content (AvgIpc) is 2.41. The summed E-state index contributed by atoms with van der Waals surface area (Å²) >= 11 is 0. The molecule has 0 radical (unpaired) electrons. The Morgan fingerprint density at radius 3 is 2.50 bits per heavy atom. The Labute approximate surface area is 107 Å². The highest BCUT2D eigenvalue weighted by molar-refractivity contribution is 5.76. The molecule has 18 heavy (non-hydrogen) atoms. The fourth-order valence-corrected chi connectivity index (χ4v) is 2.58. The second-order valence-corrected chi connectivity index (χ2v) is 4.74. The van der Waals surface area contributed by atoms with Crippen molar-refractivity contribution in [2.45, 2.75) is 18.9 Å². The first kappa shape index (κ1) is 13.0. The van der Waals surface area contributed by atoms with Crippen LogP contribution in [-0.2, 0) is 4.79 Å². The molecule has 1 aromatic heterocycles. The van der Waals surface area contributed by atoms with E-state index in [4.69, 9.17) is 11.5 Å². The molecule has 4 N–H and O–H groups in total. The number of likely N-dealkylation sites (tertiary alicyclic amines) is 1. The van der Waals surface area contributed by atoms with Gasteiger partial charge >= 0.3 is 0 Å². The van der Waals surface area contributed by atoms with E-state index in [1.165, 1.54) is 5.56 Å². The normalized spacial score (nSPS) is 19.6. The van der Waals surface area contributed by atoms with Crippen LogP contribution in [0.5, 0.6) is 0 Å². The Balaban J connectivity index is 2.01. The molecule has 1 amide bonds. The third-order valence-corrected chi connectivity index (χ3v) is 3.69. The van der Waals surface area contributed by atoms with Gasteiger partial charge in [0, 0.05) is 30.9 Å². The zero-order valence-corrected chi connectivity index (χ0v) is 10.5. The van der Waals surface area contributed by atoms with Crippen molar-refractivity contribution in [1.82, 2.24) is 9.88 Å². The Kier molecular flexibility index (Phi) is 4.28. The molecule has 0 spiro atoms. The average molecular weight is 248 g/mol. The topological polar surface area (TPSA) is 85.2 Å². The summed E-state index contributed by atoms with van der Waals surface area (Å²) in [4.78, 5) is 17.5. The van der Waals surface area contributed by atoms with Crippen LogP contribution >= 0.6 is 0 Å². The molecular weight excluding hydrogens is 228 g/mol. The van der Waals surface area contributed by atoms with Crippen LogP contribution < -0.4 is 11.5 Å². The van der Waals surface area contributed by atoms with E-state index >= 15 is 0 Å². The van der Waals surface area contributed by atoms with Crippen molar-refractivity contribution in [2.24, 2.45) is 17.4 Å². The molecule has 1 aliphatic heterocycles. The number of piperidine rings is 1. The van der Waals surface area contributed by atoms with Crippen LogP contribution in [0.2, 0.25) is 0 Å². The lowest BCUT2D eigenvalue weighted by atomic mass is 9.94. The van der Waals surface area contributed by atoms with E-state index in [0.29, 0.717) is 6.54 Å². The van der Waals surface area contributed by atoms with E-state index < -0.39 is 0 Å². The lowest BCUT2D eigenvalue weighted by Crippen LogP contribution is -2.42. The molecule has 0 saturated carbocycles. The molecule has 0 aliphatic carbocycles. The number of rotatable bonds is 4. The van der Waals surface area contributed by atoms with Crippen LogP contribution in [0.1, 0.15) is 24.4 Å². The van der Waals surface area contributed by atoms with Gasteiger partial charge in [-0.2, -0.15) is 0 Å². The maximum absolute atomic E-state index is 11.1. The predicted molar refractivity (Wildman–Crippen MR) is 69.5 cm³/mol. The Morgan fingerprint density at radius 1 is 1.39 bits per heavy atom. The van der Waals surface area contributed by atoms with Crippen LogP contribution in [0.25, 0.3) is 0 Å². The van der Waals surface area contributed by atoms with Crippen molar-refractivity contribution in [3.05, 3.63) is 30.1 Å². The summed E-state index contributed by atoms with van der Waals surface area (Å²) in [5, 5.41) is 0. The summed E-state index contributed by atoms with van der Waals surface area (Å²) in [6.45, 7) is 2.32. The molecule has 1 fully saturated rings. The third kappa shape index (κ3) is 2.86. The standard InChI is InChI=1S/C13H20N4O/c14-9-12(10-1-5-16-6-2-10)17-7-3-11(4-8-17)13(15)18/h1-2,5-6,11-12H,3-4,7-9,14H2,(H2,15,18). The fraction of sp³-hybridized carbons (Fsp3) is 0.538. The zero-order valence-electron chi connectivity index (χ0n) is 10.5. The zero-order chi connectivity index (χ0) is 13.0. The Bertz CT molecular complexity index is 387. The molecule has 0 bridgehead atoms. The first-order valence-corrected chi connectivity index (χ1v) is 6.35. The van der Waals surface area contributed by atoms with Crippen molar-refractivity contribution in [3.8, 4) is 0 Å². The van der Waals surface area contributed by atoms with Gasteiger partial charge in [0.1, 0.15) is 0 Å². The number of aromatic nitrogens is 1. The van der Waals surface area contributed by atoms with Crippen LogP contribution in [-0.4, -0.2) is 35.4 Å². The summed E-state index contributed by atoms with van der Waals surface area (Å²) in [6, 6.07) is 4.21. The third-order valence-electron chi connectivity index (χ3n) is 3.69. The second kappa shape index (κ2) is 5.93. The molecule has 0 aromatic carbocycles. The van der Waals surface area contributed by atoms with E-state index in [-0.39, 0.29) is 17.9 Å². The summed E-state index contributed by atoms with van der Waals surface area (Å²) < 4.78 is 0. The van der Waals surface area contributed by atoms with Crippen LogP contribution in [0.15, 0.2) is 24.5 Å². The summed E-state index contributed by atoms with van der Waals surface area (Å²) in [6.07, 6.45) is 5.23. The van der Waals surface area contributed by atoms with E-state index in [2.05, 4.69) is 9.88 Å². The molecule has 1 aliphatic rings. The van der Waals surface area contributed by atoms with Gasteiger partial charge in [0.2, 0.25) is 5.91 Å². The van der Waals surface area contributed by atoms with Gasteiger partial charge in [-0.3, -0.25) is 14.7 Å². The smallest absolute Gasteiger partial charge is 0.220 e. The van der Waals surface area contributed by atoms with Gasteiger partial charge < -0.3 is 11.5 Å². The number of carbonyl (C=O) groups is 1. The molecule has 2 heterocycles. The first-order valence-electron chi connectivity index (χ1n) is 6.35. The number of primary amides is 1. The van der Waals surface area contributed by atoms with Crippen molar-refractivity contribution in [3.63, 3.8) is 0 Å². The number of pyridine rings is 1. The van der Waals surface area contributed by atoms with E-state index in [1.807, 2.05) is 12.1 Å². The van der Waals surface area contributed by atoms with Crippen molar-refractivity contribution < 1.29 is 4.79 Å². The number of hydrogen-bond donors (Lipinski definition) is 2. The fourth-order valence-electron chi connectivity index (χ4n) is 2.58. The molecule has 1 aromatic rings. The molecule has 5 nitrogen and oxygen atoms in total. The summed E-state index contributed by atoms with van der Waals surface area (Å²) in [5.41, 5.74) is 12.4. The van der Waals surface area contributed by atoms with Gasteiger partial charge in [-0.25, -0.2) is 0 Å². The number of nitrogens with zero attached hydrogens (tertiary/aromatic N) is 2. The van der Waals surface area contributed by atoms with Gasteiger partial charge in [-0.05, 0) is 43.6 Å². The minimum absolute atomic E-state index is 0.0251. The lowest BCUT2D eigenvalue weighted by molar-refractivity contribution is -0.123. The quantitative estimate of drug-likeness (QED) is 0.801. The Hall–Kier alpha value is -1.46. The maximum Gasteiger partial charge on any atom is 0.220 e. The van der Waals surface area contributed by atoms with Crippen molar-refractivity contribution in [2.75, 3.05) is 19.6 Å². The number of hydrogen-bond acceptors (Lipinski definition) is 4. The van der Waals surface area contributed by atoms with Crippen LogP contribution in [0.3, 0.4) is 0 Å². The summed E-state index contributed by atoms with van der Waals surface area (Å²) in [7, 11) is 0. The molecule has 2 rings (SSSR count). The van der Waals surface area contributed by atoms with Crippen LogP contribution in [0, 0.1) is 5.92 Å². The summed E-state index contributed by atoms with van der Waals surface area (Å²) in [5.74, 6) is -0.153. The SMILES string of the molecule is NCC(c1ccncc1)N1CCC(C(N)=O)CC1. The Morgan fingerprint density at radius 2 is 2.00 bits per heavy atom. The maximum atomic E-state index is 11.1. The molecule has 1 atom stereocenters. The monoisotopic (exact) mass is 248 g/mol. The van der Waals surface area contributed by atoms with Gasteiger partial charge in [0.25, 0.3) is 0 Å². The molecule has 1 saturated heterocycles. The van der Waals surface area contributed by atoms with Gasteiger partial charge in [0.05, 0.1) is 0 Å². The predicted octanol–water partition coefficient (Wildman–Crippen LogP) is 0.279. The molecular formula is C13H20N4O.